The number of aliphatic hydroxyl groups is 1. The highest BCUT2D eigenvalue weighted by atomic mass is 16.5. The molecular weight excluding hydrogens is 178 g/mol. The standard InChI is InChI=1S/C11H15NO2/c1-8-7-12-4-2-10(8)11-6-9(13)3-5-14-11/h2,4,7,9,11,13H,3,5-6H2,1H3. The number of ether oxygens (including phenoxy) is 1. The molecule has 3 heteroatoms. The van der Waals surface area contributed by atoms with Crippen LogP contribution in [-0.2, 0) is 4.74 Å². The molecule has 1 saturated heterocycles. The maximum atomic E-state index is 9.54. The van der Waals surface area contributed by atoms with Crippen molar-refractivity contribution in [3.05, 3.63) is 29.6 Å². The Balaban J connectivity index is 2.18. The zero-order valence-electron chi connectivity index (χ0n) is 8.31. The van der Waals surface area contributed by atoms with Crippen molar-refractivity contribution in [2.45, 2.75) is 32.0 Å². The Labute approximate surface area is 83.7 Å². The molecule has 2 atom stereocenters. The van der Waals surface area contributed by atoms with Crippen LogP contribution in [0, 0.1) is 6.92 Å². The summed E-state index contributed by atoms with van der Waals surface area (Å²) >= 11 is 0. The Hall–Kier alpha value is -0.930. The fraction of sp³-hybridized carbons (Fsp3) is 0.545. The number of hydrogen-bond donors (Lipinski definition) is 1. The third-order valence-electron chi connectivity index (χ3n) is 2.67. The van der Waals surface area contributed by atoms with Gasteiger partial charge in [-0.3, -0.25) is 4.98 Å². The Morgan fingerprint density at radius 3 is 3.14 bits per heavy atom. The topological polar surface area (TPSA) is 42.4 Å². The molecule has 1 fully saturated rings. The summed E-state index contributed by atoms with van der Waals surface area (Å²) in [5, 5.41) is 9.54. The molecule has 0 aromatic carbocycles. The van der Waals surface area contributed by atoms with Gasteiger partial charge in [-0.05, 0) is 30.5 Å². The van der Waals surface area contributed by atoms with Crippen LogP contribution in [0.15, 0.2) is 18.5 Å². The summed E-state index contributed by atoms with van der Waals surface area (Å²) in [7, 11) is 0. The number of aryl methyl sites for hydroxylation is 1. The second-order valence-electron chi connectivity index (χ2n) is 3.77. The van der Waals surface area contributed by atoms with Gasteiger partial charge in [-0.15, -0.1) is 0 Å². The molecular formula is C11H15NO2. The predicted molar refractivity (Wildman–Crippen MR) is 52.9 cm³/mol. The molecule has 76 valence electrons. The lowest BCUT2D eigenvalue weighted by Crippen LogP contribution is -2.23. The molecule has 2 unspecified atom stereocenters. The number of aromatic nitrogens is 1. The minimum Gasteiger partial charge on any atom is -0.393 e. The van der Waals surface area contributed by atoms with E-state index in [0.717, 1.165) is 17.5 Å². The lowest BCUT2D eigenvalue weighted by molar-refractivity contribution is -0.0450. The largest absolute Gasteiger partial charge is 0.393 e. The first-order valence-electron chi connectivity index (χ1n) is 4.97. The summed E-state index contributed by atoms with van der Waals surface area (Å²) < 4.78 is 5.63. The maximum absolute atomic E-state index is 9.54. The van der Waals surface area contributed by atoms with E-state index in [2.05, 4.69) is 4.98 Å². The number of rotatable bonds is 1. The minimum atomic E-state index is -0.221. The van der Waals surface area contributed by atoms with Crippen LogP contribution >= 0.6 is 0 Å². The molecule has 0 spiro atoms. The second kappa shape index (κ2) is 4.07. The lowest BCUT2D eigenvalue weighted by Gasteiger charge is -2.27. The predicted octanol–water partition coefficient (Wildman–Crippen LogP) is 1.60. The molecule has 3 nitrogen and oxygen atoms in total. The maximum Gasteiger partial charge on any atom is 0.0853 e. The van der Waals surface area contributed by atoms with Crippen molar-refractivity contribution < 1.29 is 9.84 Å². The molecule has 14 heavy (non-hydrogen) atoms. The Morgan fingerprint density at radius 2 is 2.43 bits per heavy atom. The molecule has 1 aliphatic heterocycles. The van der Waals surface area contributed by atoms with Crippen LogP contribution in [0.2, 0.25) is 0 Å². The molecule has 2 heterocycles. The van der Waals surface area contributed by atoms with Gasteiger partial charge < -0.3 is 9.84 Å². The first kappa shape index (κ1) is 9.62. The molecule has 0 amide bonds. The van der Waals surface area contributed by atoms with Crippen molar-refractivity contribution in [1.82, 2.24) is 4.98 Å². The van der Waals surface area contributed by atoms with Crippen molar-refractivity contribution in [2.24, 2.45) is 0 Å². The van der Waals surface area contributed by atoms with Crippen molar-refractivity contribution in [1.29, 1.82) is 0 Å². The summed E-state index contributed by atoms with van der Waals surface area (Å²) in [6.07, 6.45) is 4.88. The van der Waals surface area contributed by atoms with Gasteiger partial charge in [0.1, 0.15) is 0 Å². The summed E-state index contributed by atoms with van der Waals surface area (Å²) in [5.41, 5.74) is 2.28. The van der Waals surface area contributed by atoms with E-state index in [1.54, 1.807) is 6.20 Å². The van der Waals surface area contributed by atoms with Crippen molar-refractivity contribution in [3.8, 4) is 0 Å². The van der Waals surface area contributed by atoms with Gasteiger partial charge in [0, 0.05) is 25.4 Å². The quantitative estimate of drug-likeness (QED) is 0.736. The molecule has 0 radical (unpaired) electrons. The molecule has 0 saturated carbocycles. The van der Waals surface area contributed by atoms with Gasteiger partial charge in [0.2, 0.25) is 0 Å². The smallest absolute Gasteiger partial charge is 0.0853 e. The van der Waals surface area contributed by atoms with Crippen LogP contribution < -0.4 is 0 Å². The Morgan fingerprint density at radius 1 is 1.57 bits per heavy atom. The molecule has 0 aliphatic carbocycles. The number of aliphatic hydroxyl groups excluding tert-OH is 1. The summed E-state index contributed by atoms with van der Waals surface area (Å²) in [6, 6.07) is 1.97. The number of hydrogen-bond acceptors (Lipinski definition) is 3. The van der Waals surface area contributed by atoms with E-state index in [1.807, 2.05) is 19.2 Å². The lowest BCUT2D eigenvalue weighted by atomic mass is 9.97. The third kappa shape index (κ3) is 1.94. The highest BCUT2D eigenvalue weighted by Gasteiger charge is 2.23. The number of nitrogens with zero attached hydrogens (tertiary/aromatic N) is 1. The average Bonchev–Trinajstić information content (AvgIpc) is 2.18. The van der Waals surface area contributed by atoms with E-state index in [4.69, 9.17) is 4.74 Å². The first-order chi connectivity index (χ1) is 6.77. The SMILES string of the molecule is Cc1cnccc1C1CC(O)CCO1. The van der Waals surface area contributed by atoms with E-state index < -0.39 is 0 Å². The second-order valence-corrected chi connectivity index (χ2v) is 3.77. The van der Waals surface area contributed by atoms with Crippen molar-refractivity contribution in [2.75, 3.05) is 6.61 Å². The van der Waals surface area contributed by atoms with Crippen LogP contribution in [0.5, 0.6) is 0 Å². The van der Waals surface area contributed by atoms with Crippen LogP contribution in [0.25, 0.3) is 0 Å². The Bertz CT molecular complexity index is 314. The van der Waals surface area contributed by atoms with Crippen LogP contribution in [0.3, 0.4) is 0 Å². The van der Waals surface area contributed by atoms with Crippen LogP contribution in [0.4, 0.5) is 0 Å². The van der Waals surface area contributed by atoms with E-state index in [0.29, 0.717) is 13.0 Å². The van der Waals surface area contributed by atoms with Gasteiger partial charge in [0.05, 0.1) is 12.2 Å². The average molecular weight is 193 g/mol. The van der Waals surface area contributed by atoms with E-state index in [-0.39, 0.29) is 12.2 Å². The third-order valence-corrected chi connectivity index (χ3v) is 2.67. The van der Waals surface area contributed by atoms with Gasteiger partial charge in [0.25, 0.3) is 0 Å². The van der Waals surface area contributed by atoms with Gasteiger partial charge in [-0.1, -0.05) is 0 Å². The summed E-state index contributed by atoms with van der Waals surface area (Å²) in [5.74, 6) is 0. The van der Waals surface area contributed by atoms with Gasteiger partial charge >= 0.3 is 0 Å². The normalized spacial score (nSPS) is 27.6. The fourth-order valence-electron chi connectivity index (χ4n) is 1.84. The Kier molecular flexibility index (Phi) is 2.79. The highest BCUT2D eigenvalue weighted by Crippen LogP contribution is 2.29. The molecule has 1 aliphatic rings. The van der Waals surface area contributed by atoms with Crippen LogP contribution in [-0.4, -0.2) is 22.8 Å². The number of pyridine rings is 1. The van der Waals surface area contributed by atoms with Gasteiger partial charge in [0.15, 0.2) is 0 Å². The zero-order chi connectivity index (χ0) is 9.97. The van der Waals surface area contributed by atoms with Gasteiger partial charge in [-0.2, -0.15) is 0 Å². The van der Waals surface area contributed by atoms with E-state index >= 15 is 0 Å². The molecule has 1 N–H and O–H groups in total. The van der Waals surface area contributed by atoms with Gasteiger partial charge in [-0.25, -0.2) is 0 Å². The fourth-order valence-corrected chi connectivity index (χ4v) is 1.84. The zero-order valence-corrected chi connectivity index (χ0v) is 8.31. The first-order valence-corrected chi connectivity index (χ1v) is 4.97. The van der Waals surface area contributed by atoms with Crippen molar-refractivity contribution in [3.63, 3.8) is 0 Å². The molecule has 1 aromatic heterocycles. The summed E-state index contributed by atoms with van der Waals surface area (Å²) in [6.45, 7) is 2.67. The van der Waals surface area contributed by atoms with E-state index in [9.17, 15) is 5.11 Å². The highest BCUT2D eigenvalue weighted by molar-refractivity contribution is 5.24. The molecule has 1 aromatic rings. The summed E-state index contributed by atoms with van der Waals surface area (Å²) in [4.78, 5) is 4.04. The monoisotopic (exact) mass is 193 g/mol. The van der Waals surface area contributed by atoms with E-state index in [1.165, 1.54) is 0 Å². The van der Waals surface area contributed by atoms with Crippen LogP contribution in [0.1, 0.15) is 30.1 Å². The molecule has 0 bridgehead atoms. The molecule has 2 rings (SSSR count). The minimum absolute atomic E-state index is 0.0433. The van der Waals surface area contributed by atoms with Crippen molar-refractivity contribution >= 4 is 0 Å².